The molecule has 27 rings (SSSR count). The van der Waals surface area contributed by atoms with Gasteiger partial charge in [0.25, 0.3) is 0 Å². The van der Waals surface area contributed by atoms with E-state index in [0.717, 1.165) is 99.9 Å². The molecule has 0 atom stereocenters. The van der Waals surface area contributed by atoms with Crippen molar-refractivity contribution in [3.8, 4) is 119 Å². The number of benzene rings is 17. The molecule has 0 unspecified atom stereocenters. The van der Waals surface area contributed by atoms with Crippen LogP contribution in [0.1, 0.15) is 74.9 Å². The van der Waals surface area contributed by atoms with Crippen LogP contribution >= 0.6 is 0 Å². The Morgan fingerprint density at radius 1 is 0.221 bits per heavy atom. The molecule has 0 aliphatic heterocycles. The van der Waals surface area contributed by atoms with Gasteiger partial charge < -0.3 is 4.42 Å². The van der Waals surface area contributed by atoms with E-state index in [1.807, 2.05) is 115 Å². The minimum Gasteiger partial charge on any atom is -0.455 e. The maximum absolute atomic E-state index is 6.47. The van der Waals surface area contributed by atoms with E-state index in [9.17, 15) is 0 Å². The molecule has 12 nitrogen and oxygen atoms in total. The Kier molecular flexibility index (Phi) is 17.4. The lowest BCUT2D eigenvalue weighted by molar-refractivity contribution is 0.663. The molecule has 0 bridgehead atoms. The van der Waals surface area contributed by atoms with Gasteiger partial charge in [-0.25, -0.2) is 19.9 Å². The Hall–Kier alpha value is -16.7. The molecule has 131 heavy (non-hydrogen) atoms. The molecule has 12 heteroatoms. The van der Waals surface area contributed by atoms with Crippen LogP contribution in [0.4, 0.5) is 0 Å². The first-order chi connectivity index (χ1) is 64.3. The molecular weight excluding hydrogens is 1600 g/mol. The Bertz CT molecular complexity index is 8750. The average Bonchev–Trinajstić information content (AvgIpc) is 1.54. The molecule has 24 aromatic rings. The summed E-state index contributed by atoms with van der Waals surface area (Å²) in [7, 11) is 0. The molecule has 3 aliphatic carbocycles. The second kappa shape index (κ2) is 29.7. The molecule has 7 heterocycles. The Labute approximate surface area is 755 Å². The fourth-order valence-electron chi connectivity index (χ4n) is 21.5. The summed E-state index contributed by atoms with van der Waals surface area (Å²) in [4.78, 5) is 41.6. The third-order valence-electron chi connectivity index (χ3n) is 27.5. The van der Waals surface area contributed by atoms with Gasteiger partial charge in [-0.2, -0.15) is 19.9 Å². The van der Waals surface area contributed by atoms with Gasteiger partial charge in [-0.15, -0.1) is 0 Å². The van der Waals surface area contributed by atoms with Crippen molar-refractivity contribution in [3.05, 3.63) is 428 Å². The summed E-state index contributed by atoms with van der Waals surface area (Å²) in [6.45, 7) is 14.0. The summed E-state index contributed by atoms with van der Waals surface area (Å²) in [5.74, 6) is 4.53. The van der Waals surface area contributed by atoms with E-state index < -0.39 is 0 Å². The fraction of sp³-hybridized carbons (Fsp3) is 0.0756. The Morgan fingerprint density at radius 2 is 0.580 bits per heavy atom. The number of fused-ring (bicyclic) bond motifs is 25. The predicted molar refractivity (Wildman–Crippen MR) is 535 cm³/mol. The van der Waals surface area contributed by atoms with Gasteiger partial charge in [0.15, 0.2) is 29.1 Å². The van der Waals surface area contributed by atoms with Crippen molar-refractivity contribution in [2.75, 3.05) is 0 Å². The molecule has 0 N–H and O–H groups in total. The van der Waals surface area contributed by atoms with Crippen LogP contribution < -0.4 is 0 Å². The zero-order chi connectivity index (χ0) is 87.5. The van der Waals surface area contributed by atoms with E-state index >= 15 is 0 Å². The van der Waals surface area contributed by atoms with Crippen LogP contribution in [0.15, 0.2) is 399 Å². The predicted octanol–water partition coefficient (Wildman–Crippen LogP) is 29.5. The van der Waals surface area contributed by atoms with Gasteiger partial charge in [0.2, 0.25) is 11.9 Å². The number of rotatable bonds is 9. The van der Waals surface area contributed by atoms with Crippen molar-refractivity contribution in [1.29, 1.82) is 0 Å². The summed E-state index contributed by atoms with van der Waals surface area (Å²) in [5, 5.41) is 9.30. The van der Waals surface area contributed by atoms with Crippen LogP contribution in [-0.4, -0.2) is 53.6 Å². The van der Waals surface area contributed by atoms with Crippen molar-refractivity contribution in [1.82, 2.24) is 53.6 Å². The third-order valence-corrected chi connectivity index (χ3v) is 27.5. The van der Waals surface area contributed by atoms with Crippen molar-refractivity contribution in [3.63, 3.8) is 0 Å². The second-order valence-electron chi connectivity index (χ2n) is 36.0. The topological polar surface area (TPSA) is 131 Å². The van der Waals surface area contributed by atoms with E-state index in [0.29, 0.717) is 35.2 Å². The molecule has 0 fully saturated rings. The largest absolute Gasteiger partial charge is 0.455 e. The Morgan fingerprint density at radius 3 is 1.08 bits per heavy atom. The van der Waals surface area contributed by atoms with Crippen LogP contribution in [0.2, 0.25) is 0 Å². The van der Waals surface area contributed by atoms with Crippen LogP contribution in [0, 0.1) is 0 Å². The first-order valence-electron chi connectivity index (χ1n) is 44.8. The lowest BCUT2D eigenvalue weighted by Crippen LogP contribution is -2.17. The zero-order valence-electron chi connectivity index (χ0n) is 72.9. The molecule has 3 aliphatic rings. The number of nitrogens with zero attached hydrogens (tertiary/aromatic N) is 11. The molecular formula is C119H83N11O. The van der Waals surface area contributed by atoms with E-state index in [2.05, 4.69) is 334 Å². The smallest absolute Gasteiger partial charge is 0.238 e. The highest BCUT2D eigenvalue weighted by Gasteiger charge is 2.43. The first kappa shape index (κ1) is 76.7. The maximum Gasteiger partial charge on any atom is 0.238 e. The zero-order valence-corrected chi connectivity index (χ0v) is 72.9. The van der Waals surface area contributed by atoms with Crippen molar-refractivity contribution in [2.45, 2.75) is 57.8 Å². The minimum absolute atomic E-state index is 0.158. The van der Waals surface area contributed by atoms with Gasteiger partial charge in [0.05, 0.1) is 49.7 Å². The molecule has 0 radical (unpaired) electrons. The number of para-hydroxylation sites is 6. The van der Waals surface area contributed by atoms with Crippen LogP contribution in [-0.2, 0) is 16.2 Å². The average molecular weight is 1680 g/mol. The summed E-state index contributed by atoms with van der Waals surface area (Å²) >= 11 is 0. The number of furan rings is 1. The normalized spacial score (nSPS) is 13.5. The summed E-state index contributed by atoms with van der Waals surface area (Å²) in [6.07, 6.45) is 0. The van der Waals surface area contributed by atoms with Gasteiger partial charge in [-0.1, -0.05) is 387 Å². The summed E-state index contributed by atoms with van der Waals surface area (Å²) in [5.41, 5.74) is 33.2. The quantitative estimate of drug-likeness (QED) is 0.139. The summed E-state index contributed by atoms with van der Waals surface area (Å²) in [6, 6.07) is 138. The lowest BCUT2D eigenvalue weighted by Gasteiger charge is -2.24. The van der Waals surface area contributed by atoms with E-state index in [-0.39, 0.29) is 16.2 Å². The molecule has 620 valence electrons. The van der Waals surface area contributed by atoms with Crippen molar-refractivity contribution in [2.24, 2.45) is 0 Å². The van der Waals surface area contributed by atoms with Gasteiger partial charge >= 0.3 is 0 Å². The highest BCUT2D eigenvalue weighted by molar-refractivity contribution is 6.17. The molecule has 0 saturated carbocycles. The van der Waals surface area contributed by atoms with Crippen molar-refractivity contribution < 1.29 is 4.42 Å². The monoisotopic (exact) mass is 1680 g/mol. The standard InChI is InChI=1S/C42H28N4O.C42H30N4.C35H25N3/c1-42(2)33-20-9-6-15-26(33)29-23-24-30-27-16-7-10-21-34(27)46(37(30)36(29)42)41-44-39(25-13-4-3-5-14-25)43-40(45-41)32-19-12-18-31-28-17-8-11-22-35(28)47-38(31)32;1-42(2)35-21-13-12-20-31(35)32-23-24-33-34-26-30(27-14-6-3-7-15-27)22-25-36(34)46(38(33)37(32)42)41-44-39(28-16-8-4-9-17-28)43-40(45-41)29-18-10-5-11-19-29;1-35(2)27-16-8-6-14-23(27)25-20-21-26-24-15-7-11-19-30(24)38(33(26)31(25)35)34-32(22-12-4-3-5-13-22)36-28-17-9-10-18-29(28)37-34/h3-24H,1-2H3;3-26H,1-2H3;3-21H,1-2H3. The first-order valence-corrected chi connectivity index (χ1v) is 44.8. The molecule has 7 aromatic heterocycles. The third kappa shape index (κ3) is 12.0. The van der Waals surface area contributed by atoms with Gasteiger partial charge in [-0.05, 0) is 126 Å². The van der Waals surface area contributed by atoms with E-state index in [4.69, 9.17) is 44.3 Å². The van der Waals surface area contributed by atoms with Crippen LogP contribution in [0.25, 0.3) is 217 Å². The van der Waals surface area contributed by atoms with E-state index in [1.54, 1.807) is 0 Å². The van der Waals surface area contributed by atoms with Crippen molar-refractivity contribution >= 4 is 98.4 Å². The van der Waals surface area contributed by atoms with E-state index in [1.165, 1.54) is 116 Å². The number of aromatic nitrogens is 11. The molecule has 0 amide bonds. The highest BCUT2D eigenvalue weighted by Crippen LogP contribution is 2.57. The summed E-state index contributed by atoms with van der Waals surface area (Å²) < 4.78 is 13.4. The van der Waals surface area contributed by atoms with Gasteiger partial charge in [0.1, 0.15) is 16.9 Å². The number of hydrogen-bond acceptors (Lipinski definition) is 9. The van der Waals surface area contributed by atoms with Crippen LogP contribution in [0.3, 0.4) is 0 Å². The molecule has 0 spiro atoms. The lowest BCUT2D eigenvalue weighted by atomic mass is 9.81. The Balaban J connectivity index is 0.000000106. The fourth-order valence-corrected chi connectivity index (χ4v) is 21.5. The molecule has 0 saturated heterocycles. The SMILES string of the molecule is CC1(C)c2ccccc2-c2ccc3c4cc(-c5ccccc5)ccc4n(-c4nc(-c5ccccc5)nc(-c5ccccc5)n4)c3c21.CC1(C)c2ccccc2-c2ccc3c4ccccc4n(-c4nc(-c5ccccc5)nc(-c5cccc6c5oc5ccccc56)n4)c3c21.CC1(C)c2ccccc2-c2ccc3c4ccccc4n(-c4nc5ccccc5nc4-c4ccccc4)c3c21. The maximum atomic E-state index is 6.47. The highest BCUT2D eigenvalue weighted by atomic mass is 16.3. The number of hydrogen-bond donors (Lipinski definition) is 0. The van der Waals surface area contributed by atoms with Gasteiger partial charge in [-0.3, -0.25) is 13.7 Å². The molecule has 17 aromatic carbocycles. The van der Waals surface area contributed by atoms with Crippen LogP contribution in [0.5, 0.6) is 0 Å². The minimum atomic E-state index is -0.227. The van der Waals surface area contributed by atoms with Gasteiger partial charge in [0, 0.05) is 81.6 Å². The second-order valence-corrected chi connectivity index (χ2v) is 36.0.